The minimum atomic E-state index is -3.35. The zero-order chi connectivity index (χ0) is 12.6. The molecule has 1 saturated carbocycles. The van der Waals surface area contributed by atoms with Gasteiger partial charge in [0.15, 0.2) is 0 Å². The first-order valence-electron chi connectivity index (χ1n) is 5.26. The van der Waals surface area contributed by atoms with Crippen LogP contribution >= 0.6 is 0 Å². The molecule has 1 fully saturated rings. The largest absolute Gasteiger partial charge is 0.478 e. The Morgan fingerprint density at radius 3 is 2.59 bits per heavy atom. The van der Waals surface area contributed by atoms with Crippen LogP contribution in [-0.4, -0.2) is 24.7 Å². The van der Waals surface area contributed by atoms with Crippen LogP contribution in [0, 0.1) is 6.92 Å². The molecule has 92 valence electrons. The zero-order valence-corrected chi connectivity index (χ0v) is 10.1. The Bertz CT molecular complexity index is 561. The first kappa shape index (κ1) is 11.9. The number of hydrogen-bond donors (Lipinski definition) is 2. The topological polar surface area (TPSA) is 83.5 Å². The van der Waals surface area contributed by atoms with Crippen LogP contribution in [0.1, 0.15) is 28.8 Å². The van der Waals surface area contributed by atoms with Gasteiger partial charge in [0.2, 0.25) is 10.0 Å². The van der Waals surface area contributed by atoms with Crippen molar-refractivity contribution in [2.75, 3.05) is 4.72 Å². The maximum atomic E-state index is 11.7. The highest BCUT2D eigenvalue weighted by molar-refractivity contribution is 7.93. The maximum absolute atomic E-state index is 11.7. The van der Waals surface area contributed by atoms with Crippen molar-refractivity contribution in [2.45, 2.75) is 25.0 Å². The summed E-state index contributed by atoms with van der Waals surface area (Å²) in [6.45, 7) is 1.73. The van der Waals surface area contributed by atoms with Crippen molar-refractivity contribution in [3.05, 3.63) is 29.3 Å². The molecular formula is C11H13NO4S. The fourth-order valence-electron chi connectivity index (χ4n) is 1.48. The third-order valence-corrected chi connectivity index (χ3v) is 4.55. The highest BCUT2D eigenvalue weighted by Gasteiger charge is 2.35. The van der Waals surface area contributed by atoms with E-state index in [0.717, 1.165) is 0 Å². The molecule has 2 rings (SSSR count). The first-order chi connectivity index (χ1) is 7.90. The molecule has 1 aliphatic carbocycles. The molecule has 17 heavy (non-hydrogen) atoms. The number of rotatable bonds is 4. The van der Waals surface area contributed by atoms with Crippen molar-refractivity contribution < 1.29 is 18.3 Å². The van der Waals surface area contributed by atoms with Crippen LogP contribution < -0.4 is 4.72 Å². The lowest BCUT2D eigenvalue weighted by Crippen LogP contribution is -2.18. The summed E-state index contributed by atoms with van der Waals surface area (Å²) in [5, 5.41) is 8.52. The van der Waals surface area contributed by atoms with E-state index >= 15 is 0 Å². The summed E-state index contributed by atoms with van der Waals surface area (Å²) >= 11 is 0. The SMILES string of the molecule is Cc1ccc(C(=O)O)cc1NS(=O)(=O)C1CC1. The minimum Gasteiger partial charge on any atom is -0.478 e. The van der Waals surface area contributed by atoms with Gasteiger partial charge in [0.05, 0.1) is 16.5 Å². The fraction of sp³-hybridized carbons (Fsp3) is 0.364. The number of carbonyl (C=O) groups is 1. The van der Waals surface area contributed by atoms with E-state index in [1.165, 1.54) is 12.1 Å². The van der Waals surface area contributed by atoms with Crippen molar-refractivity contribution in [2.24, 2.45) is 0 Å². The van der Waals surface area contributed by atoms with E-state index in [9.17, 15) is 13.2 Å². The lowest BCUT2D eigenvalue weighted by atomic mass is 10.1. The lowest BCUT2D eigenvalue weighted by Gasteiger charge is -2.10. The van der Waals surface area contributed by atoms with Crippen molar-refractivity contribution in [3.63, 3.8) is 0 Å². The average molecular weight is 255 g/mol. The van der Waals surface area contributed by atoms with Crippen LogP contribution in [0.5, 0.6) is 0 Å². The number of aromatic carboxylic acids is 1. The van der Waals surface area contributed by atoms with Gasteiger partial charge in [-0.3, -0.25) is 4.72 Å². The van der Waals surface area contributed by atoms with E-state index < -0.39 is 16.0 Å². The van der Waals surface area contributed by atoms with E-state index in [0.29, 0.717) is 24.1 Å². The number of hydrogen-bond acceptors (Lipinski definition) is 3. The van der Waals surface area contributed by atoms with Gasteiger partial charge >= 0.3 is 5.97 Å². The lowest BCUT2D eigenvalue weighted by molar-refractivity contribution is 0.0697. The predicted molar refractivity (Wildman–Crippen MR) is 63.7 cm³/mol. The van der Waals surface area contributed by atoms with Gasteiger partial charge in [-0.1, -0.05) is 6.07 Å². The molecule has 1 aromatic rings. The number of aryl methyl sites for hydroxylation is 1. The number of benzene rings is 1. The normalized spacial score (nSPS) is 15.6. The second kappa shape index (κ2) is 4.03. The van der Waals surface area contributed by atoms with Gasteiger partial charge in [0.25, 0.3) is 0 Å². The molecule has 0 bridgehead atoms. The van der Waals surface area contributed by atoms with Gasteiger partial charge in [-0.2, -0.15) is 0 Å². The Kier molecular flexibility index (Phi) is 2.82. The van der Waals surface area contributed by atoms with E-state index in [1.54, 1.807) is 13.0 Å². The Morgan fingerprint density at radius 2 is 2.06 bits per heavy atom. The highest BCUT2D eigenvalue weighted by Crippen LogP contribution is 2.30. The van der Waals surface area contributed by atoms with Crippen molar-refractivity contribution in [3.8, 4) is 0 Å². The molecule has 1 aromatic carbocycles. The third-order valence-electron chi connectivity index (χ3n) is 2.70. The summed E-state index contributed by atoms with van der Waals surface area (Å²) in [5.74, 6) is -1.07. The molecule has 0 heterocycles. The molecule has 5 nitrogen and oxygen atoms in total. The molecule has 0 unspecified atom stereocenters. The smallest absolute Gasteiger partial charge is 0.335 e. The molecule has 0 atom stereocenters. The predicted octanol–water partition coefficient (Wildman–Crippen LogP) is 1.60. The Morgan fingerprint density at radius 1 is 1.41 bits per heavy atom. The molecule has 0 aliphatic heterocycles. The molecule has 0 aromatic heterocycles. The molecule has 1 aliphatic rings. The summed E-state index contributed by atoms with van der Waals surface area (Å²) in [6.07, 6.45) is 1.35. The van der Waals surface area contributed by atoms with Crippen LogP contribution in [0.4, 0.5) is 5.69 Å². The van der Waals surface area contributed by atoms with Crippen LogP contribution in [0.2, 0.25) is 0 Å². The molecule has 0 radical (unpaired) electrons. The number of carboxylic acids is 1. The van der Waals surface area contributed by atoms with Crippen LogP contribution in [-0.2, 0) is 10.0 Å². The van der Waals surface area contributed by atoms with Crippen LogP contribution in [0.15, 0.2) is 18.2 Å². The summed E-state index contributed by atoms with van der Waals surface area (Å²) in [4.78, 5) is 10.8. The second-order valence-electron chi connectivity index (χ2n) is 4.18. The van der Waals surface area contributed by atoms with Crippen molar-refractivity contribution in [1.82, 2.24) is 0 Å². The molecule has 0 amide bonds. The van der Waals surface area contributed by atoms with E-state index in [2.05, 4.69) is 4.72 Å². The van der Waals surface area contributed by atoms with Gasteiger partial charge in [-0.15, -0.1) is 0 Å². The molecule has 2 N–H and O–H groups in total. The van der Waals surface area contributed by atoms with Gasteiger partial charge < -0.3 is 5.11 Å². The van der Waals surface area contributed by atoms with Crippen LogP contribution in [0.3, 0.4) is 0 Å². The first-order valence-corrected chi connectivity index (χ1v) is 6.80. The van der Waals surface area contributed by atoms with Crippen LogP contribution in [0.25, 0.3) is 0 Å². The molecular weight excluding hydrogens is 242 g/mol. The third kappa shape index (κ3) is 2.58. The summed E-state index contributed by atoms with van der Waals surface area (Å²) in [7, 11) is -3.35. The number of nitrogens with one attached hydrogen (secondary N) is 1. The van der Waals surface area contributed by atoms with Crippen molar-refractivity contribution in [1.29, 1.82) is 0 Å². The monoisotopic (exact) mass is 255 g/mol. The molecule has 0 spiro atoms. The van der Waals surface area contributed by atoms with E-state index in [-0.39, 0.29) is 10.8 Å². The van der Waals surface area contributed by atoms with Crippen molar-refractivity contribution >= 4 is 21.7 Å². The molecule has 6 heteroatoms. The zero-order valence-electron chi connectivity index (χ0n) is 9.30. The quantitative estimate of drug-likeness (QED) is 0.856. The second-order valence-corrected chi connectivity index (χ2v) is 6.14. The summed E-state index contributed by atoms with van der Waals surface area (Å²) in [6, 6.07) is 4.39. The van der Waals surface area contributed by atoms with Gasteiger partial charge in [0, 0.05) is 0 Å². The Hall–Kier alpha value is -1.56. The van der Waals surface area contributed by atoms with E-state index in [4.69, 9.17) is 5.11 Å². The van der Waals surface area contributed by atoms with Gasteiger partial charge in [0.1, 0.15) is 0 Å². The van der Waals surface area contributed by atoms with E-state index in [1.807, 2.05) is 0 Å². The van der Waals surface area contributed by atoms with Gasteiger partial charge in [-0.05, 0) is 37.5 Å². The minimum absolute atomic E-state index is 0.0732. The van der Waals surface area contributed by atoms with Gasteiger partial charge in [-0.25, -0.2) is 13.2 Å². The number of sulfonamides is 1. The molecule has 0 saturated heterocycles. The average Bonchev–Trinajstić information content (AvgIpc) is 3.04. The standard InChI is InChI=1S/C11H13NO4S/c1-7-2-3-8(11(13)14)6-10(7)12-17(15,16)9-4-5-9/h2-3,6,9,12H,4-5H2,1H3,(H,13,14). The number of carboxylic acid groups (broad SMARTS) is 1. The summed E-state index contributed by atoms with van der Waals surface area (Å²) in [5.41, 5.74) is 1.13. The Labute approximate surface area is 99.5 Å². The maximum Gasteiger partial charge on any atom is 0.335 e. The fourth-order valence-corrected chi connectivity index (χ4v) is 2.93. The Balaban J connectivity index is 2.31. The summed E-state index contributed by atoms with van der Waals surface area (Å²) < 4.78 is 25.9. The number of anilines is 1. The highest BCUT2D eigenvalue weighted by atomic mass is 32.2.